The number of fused-ring (bicyclic) bond motifs is 7. The van der Waals surface area contributed by atoms with Crippen molar-refractivity contribution in [3.8, 4) is 22.6 Å². The number of carbonyl (C=O) groups is 3. The normalized spacial score (nSPS) is 18.5. The summed E-state index contributed by atoms with van der Waals surface area (Å²) in [5.41, 5.74) is 2.26. The van der Waals surface area contributed by atoms with Crippen LogP contribution in [-0.2, 0) is 11.3 Å². The standard InChI is InChI=1S/C31H28FN5O5S/c1-33-31-36-26(17-43-31)30(40)37-14-25-27(15-37)42-21-8-5-18(6-9-21)13-34-28(38)16-41-22-4-2-3-19(11-22)20-7-10-24(32)23(12-20)29(39)35-25/h2-12,17,25,27H,13-16H2,1H3,(H,33,36)(H,34,38)(H,35,39)/t25-,27-/m0/s1. The summed E-state index contributed by atoms with van der Waals surface area (Å²) in [6.07, 6.45) is -0.619. The average Bonchev–Trinajstić information content (AvgIpc) is 3.66. The lowest BCUT2D eigenvalue weighted by atomic mass is 10.0. The number of hydrogen-bond donors (Lipinski definition) is 3. The molecular formula is C31H28FN5O5S. The Morgan fingerprint density at radius 1 is 1.05 bits per heavy atom. The van der Waals surface area contributed by atoms with Crippen molar-refractivity contribution in [1.29, 1.82) is 0 Å². The summed E-state index contributed by atoms with van der Waals surface area (Å²) in [5, 5.41) is 10.9. The van der Waals surface area contributed by atoms with E-state index in [0.717, 1.165) is 5.56 Å². The zero-order valence-electron chi connectivity index (χ0n) is 23.1. The first kappa shape index (κ1) is 28.2. The van der Waals surface area contributed by atoms with E-state index >= 15 is 4.39 Å². The molecule has 43 heavy (non-hydrogen) atoms. The van der Waals surface area contributed by atoms with Gasteiger partial charge in [0.15, 0.2) is 11.7 Å². The van der Waals surface area contributed by atoms with Gasteiger partial charge in [0.2, 0.25) is 0 Å². The topological polar surface area (TPSA) is 122 Å². The smallest absolute Gasteiger partial charge is 0.273 e. The third kappa shape index (κ3) is 6.28. The number of ether oxygens (including phenoxy) is 2. The Kier molecular flexibility index (Phi) is 7.93. The van der Waals surface area contributed by atoms with Crippen molar-refractivity contribution in [3.05, 3.63) is 94.7 Å². The third-order valence-corrected chi connectivity index (χ3v) is 8.12. The Balaban J connectivity index is 1.33. The SMILES string of the molecule is CNc1nc(C(=O)N2C[C@@H]3NC(=O)c4cc(ccc4F)-c4cccc(c4)OCC(=O)NCc4ccc(cc4)O[C@H]3C2)cs1. The second-order valence-electron chi connectivity index (χ2n) is 10.2. The molecule has 0 aliphatic carbocycles. The van der Waals surface area contributed by atoms with Crippen molar-refractivity contribution >= 4 is 34.2 Å². The monoisotopic (exact) mass is 601 g/mol. The van der Waals surface area contributed by atoms with Gasteiger partial charge in [-0.25, -0.2) is 9.37 Å². The van der Waals surface area contributed by atoms with Gasteiger partial charge in [0, 0.05) is 25.5 Å². The maximum Gasteiger partial charge on any atom is 0.273 e. The highest BCUT2D eigenvalue weighted by Gasteiger charge is 2.39. The van der Waals surface area contributed by atoms with Gasteiger partial charge in [-0.15, -0.1) is 11.3 Å². The Bertz CT molecular complexity index is 1680. The van der Waals surface area contributed by atoms with Crippen molar-refractivity contribution in [2.24, 2.45) is 0 Å². The molecule has 3 aromatic carbocycles. The number of likely N-dealkylation sites (tertiary alicyclic amines) is 1. The van der Waals surface area contributed by atoms with E-state index in [1.165, 1.54) is 23.5 Å². The van der Waals surface area contributed by atoms with Gasteiger partial charge < -0.3 is 30.3 Å². The Hall–Kier alpha value is -4.97. The van der Waals surface area contributed by atoms with Crippen LogP contribution >= 0.6 is 11.3 Å². The van der Waals surface area contributed by atoms with E-state index in [-0.39, 0.29) is 42.8 Å². The van der Waals surface area contributed by atoms with Crippen molar-refractivity contribution < 1.29 is 28.2 Å². The quantitative estimate of drug-likeness (QED) is 0.320. The van der Waals surface area contributed by atoms with Crippen LogP contribution in [0.2, 0.25) is 0 Å². The lowest BCUT2D eigenvalue weighted by Crippen LogP contribution is -2.45. The summed E-state index contributed by atoms with van der Waals surface area (Å²) in [6, 6.07) is 17.8. The van der Waals surface area contributed by atoms with Crippen molar-refractivity contribution in [2.75, 3.05) is 32.1 Å². The Morgan fingerprint density at radius 3 is 2.65 bits per heavy atom. The molecule has 6 bridgehead atoms. The van der Waals surface area contributed by atoms with Gasteiger partial charge >= 0.3 is 0 Å². The van der Waals surface area contributed by atoms with Crippen LogP contribution in [0.4, 0.5) is 9.52 Å². The number of halogens is 1. The van der Waals surface area contributed by atoms with Crippen LogP contribution in [0.3, 0.4) is 0 Å². The number of amides is 3. The third-order valence-electron chi connectivity index (χ3n) is 7.26. The fourth-order valence-corrected chi connectivity index (χ4v) is 5.64. The first-order valence-electron chi connectivity index (χ1n) is 13.6. The van der Waals surface area contributed by atoms with Gasteiger partial charge in [0.05, 0.1) is 18.2 Å². The highest BCUT2D eigenvalue weighted by atomic mass is 32.1. The molecule has 0 spiro atoms. The van der Waals surface area contributed by atoms with Crippen LogP contribution in [0, 0.1) is 5.82 Å². The van der Waals surface area contributed by atoms with Gasteiger partial charge in [0.25, 0.3) is 17.7 Å². The predicted octanol–water partition coefficient (Wildman–Crippen LogP) is 3.70. The van der Waals surface area contributed by atoms with Crippen LogP contribution in [0.25, 0.3) is 11.1 Å². The molecular weight excluding hydrogens is 573 g/mol. The van der Waals surface area contributed by atoms with Gasteiger partial charge in [-0.05, 0) is 53.1 Å². The van der Waals surface area contributed by atoms with Gasteiger partial charge in [-0.3, -0.25) is 14.4 Å². The second-order valence-corrected chi connectivity index (χ2v) is 11.0. The largest absolute Gasteiger partial charge is 0.486 e. The van der Waals surface area contributed by atoms with Gasteiger partial charge in [0.1, 0.15) is 29.1 Å². The molecule has 0 unspecified atom stereocenters. The molecule has 10 nitrogen and oxygen atoms in total. The number of nitrogens with one attached hydrogen (secondary N) is 3. The molecule has 1 saturated heterocycles. The van der Waals surface area contributed by atoms with E-state index in [2.05, 4.69) is 20.9 Å². The molecule has 4 heterocycles. The van der Waals surface area contributed by atoms with E-state index in [0.29, 0.717) is 34.3 Å². The molecule has 3 aliphatic heterocycles. The lowest BCUT2D eigenvalue weighted by molar-refractivity contribution is -0.123. The average molecular weight is 602 g/mol. The van der Waals surface area contributed by atoms with Crippen molar-refractivity contribution in [2.45, 2.75) is 18.7 Å². The summed E-state index contributed by atoms with van der Waals surface area (Å²) < 4.78 is 26.9. The molecule has 2 atom stereocenters. The zero-order chi connectivity index (χ0) is 29.9. The molecule has 0 radical (unpaired) electrons. The molecule has 0 saturated carbocycles. The maximum atomic E-state index is 15.0. The highest BCUT2D eigenvalue weighted by Crippen LogP contribution is 2.27. The summed E-state index contributed by atoms with van der Waals surface area (Å²) in [6.45, 7) is 0.445. The summed E-state index contributed by atoms with van der Waals surface area (Å²) >= 11 is 1.32. The molecule has 1 aromatic heterocycles. The molecule has 7 rings (SSSR count). The minimum atomic E-state index is -0.687. The van der Waals surface area contributed by atoms with Gasteiger partial charge in [-0.2, -0.15) is 0 Å². The lowest BCUT2D eigenvalue weighted by Gasteiger charge is -2.21. The fourth-order valence-electron chi connectivity index (χ4n) is 5.00. The number of rotatable bonds is 2. The minimum Gasteiger partial charge on any atom is -0.486 e. The fraction of sp³-hybridized carbons (Fsp3) is 0.226. The van der Waals surface area contributed by atoms with Crippen LogP contribution < -0.4 is 25.4 Å². The van der Waals surface area contributed by atoms with E-state index < -0.39 is 23.9 Å². The molecule has 3 aliphatic rings. The molecule has 220 valence electrons. The maximum absolute atomic E-state index is 15.0. The number of benzene rings is 3. The van der Waals surface area contributed by atoms with Crippen LogP contribution in [0.5, 0.6) is 11.5 Å². The number of aromatic nitrogens is 1. The number of carbonyl (C=O) groups excluding carboxylic acids is 3. The first-order valence-corrected chi connectivity index (χ1v) is 14.5. The molecule has 12 heteroatoms. The number of hydrogen-bond acceptors (Lipinski definition) is 8. The number of thiazole rings is 1. The van der Waals surface area contributed by atoms with E-state index in [4.69, 9.17) is 9.47 Å². The number of anilines is 1. The van der Waals surface area contributed by atoms with E-state index in [9.17, 15) is 14.4 Å². The van der Waals surface area contributed by atoms with Gasteiger partial charge in [-0.1, -0.05) is 30.3 Å². The minimum absolute atomic E-state index is 0.145. The van der Waals surface area contributed by atoms with E-state index in [1.54, 1.807) is 59.8 Å². The first-order chi connectivity index (χ1) is 20.9. The highest BCUT2D eigenvalue weighted by molar-refractivity contribution is 7.13. The Morgan fingerprint density at radius 2 is 1.86 bits per heavy atom. The predicted molar refractivity (Wildman–Crippen MR) is 159 cm³/mol. The zero-order valence-corrected chi connectivity index (χ0v) is 23.9. The molecule has 3 N–H and O–H groups in total. The van der Waals surface area contributed by atoms with Crippen molar-refractivity contribution in [3.63, 3.8) is 0 Å². The van der Waals surface area contributed by atoms with Crippen LogP contribution in [0.15, 0.2) is 72.1 Å². The molecule has 4 aromatic rings. The van der Waals surface area contributed by atoms with Crippen LogP contribution in [0.1, 0.15) is 26.4 Å². The summed E-state index contributed by atoms with van der Waals surface area (Å²) in [4.78, 5) is 45.1. The summed E-state index contributed by atoms with van der Waals surface area (Å²) in [7, 11) is 1.73. The second kappa shape index (κ2) is 12.1. The summed E-state index contributed by atoms with van der Waals surface area (Å²) in [5.74, 6) is -0.930. The van der Waals surface area contributed by atoms with Crippen LogP contribution in [-0.4, -0.2) is 66.5 Å². The Labute approximate surface area is 250 Å². The molecule has 3 amide bonds. The molecule has 1 fully saturated rings. The van der Waals surface area contributed by atoms with Crippen molar-refractivity contribution in [1.82, 2.24) is 20.5 Å². The number of nitrogens with zero attached hydrogens (tertiary/aromatic N) is 2. The van der Waals surface area contributed by atoms with E-state index in [1.807, 2.05) is 12.1 Å².